The third-order valence-electron chi connectivity index (χ3n) is 5.12. The van der Waals surface area contributed by atoms with E-state index in [9.17, 15) is 14.0 Å². The number of nitrogens with zero attached hydrogens (tertiary/aromatic N) is 2. The van der Waals surface area contributed by atoms with E-state index in [2.05, 4.69) is 0 Å². The Balaban J connectivity index is 1.65. The van der Waals surface area contributed by atoms with E-state index < -0.39 is 6.04 Å². The van der Waals surface area contributed by atoms with Crippen LogP contribution in [-0.2, 0) is 22.7 Å². The maximum Gasteiger partial charge on any atom is 0.243 e. The third kappa shape index (κ3) is 4.37. The minimum atomic E-state index is -0.461. The second-order valence-electron chi connectivity index (χ2n) is 7.11. The van der Waals surface area contributed by atoms with Gasteiger partial charge in [0.05, 0.1) is 25.3 Å². The van der Waals surface area contributed by atoms with Crippen molar-refractivity contribution in [3.05, 3.63) is 95.7 Å². The van der Waals surface area contributed by atoms with Crippen LogP contribution in [0.25, 0.3) is 0 Å². The van der Waals surface area contributed by atoms with Crippen molar-refractivity contribution in [1.82, 2.24) is 9.80 Å². The smallest absolute Gasteiger partial charge is 0.243 e. The summed E-state index contributed by atoms with van der Waals surface area (Å²) >= 11 is 0. The second kappa shape index (κ2) is 8.31. The highest BCUT2D eigenvalue weighted by Gasteiger charge is 2.35. The molecule has 3 aromatic rings. The molecule has 1 atom stereocenters. The Hall–Kier alpha value is -3.41. The molecule has 1 aliphatic heterocycles. The molecule has 1 aromatic heterocycles. The molecule has 148 valence electrons. The number of halogens is 1. The number of carbonyl (C=O) groups excluding carboxylic acids is 2. The summed E-state index contributed by atoms with van der Waals surface area (Å²) in [6.07, 6.45) is 1.67. The molecule has 1 saturated heterocycles. The van der Waals surface area contributed by atoms with Gasteiger partial charge in [-0.1, -0.05) is 42.5 Å². The molecular formula is C23H21FN2O3. The van der Waals surface area contributed by atoms with Gasteiger partial charge in [0.1, 0.15) is 18.1 Å². The standard InChI is InChI=1S/C23H21FN2O3/c24-19-10-8-18(9-11-19)21-13-22(27)25(15-20-7-4-12-29-20)16-23(28)26(21)14-17-5-2-1-3-6-17/h1-12,21H,13-16H2. The van der Waals surface area contributed by atoms with Crippen LogP contribution < -0.4 is 0 Å². The summed E-state index contributed by atoms with van der Waals surface area (Å²) in [5.41, 5.74) is 1.71. The van der Waals surface area contributed by atoms with Crippen molar-refractivity contribution < 1.29 is 18.4 Å². The van der Waals surface area contributed by atoms with Gasteiger partial charge < -0.3 is 14.2 Å². The molecule has 4 rings (SSSR count). The van der Waals surface area contributed by atoms with Crippen LogP contribution >= 0.6 is 0 Å². The third-order valence-corrected chi connectivity index (χ3v) is 5.12. The zero-order chi connectivity index (χ0) is 20.2. The maximum absolute atomic E-state index is 13.4. The Bertz CT molecular complexity index is 971. The zero-order valence-corrected chi connectivity index (χ0v) is 15.8. The van der Waals surface area contributed by atoms with Crippen LogP contribution in [-0.4, -0.2) is 28.2 Å². The van der Waals surface area contributed by atoms with Crippen molar-refractivity contribution in [3.63, 3.8) is 0 Å². The van der Waals surface area contributed by atoms with Gasteiger partial charge in [-0.2, -0.15) is 0 Å². The summed E-state index contributed by atoms with van der Waals surface area (Å²) in [6, 6.07) is 18.7. The van der Waals surface area contributed by atoms with Gasteiger partial charge in [0.15, 0.2) is 0 Å². The summed E-state index contributed by atoms with van der Waals surface area (Å²) in [5, 5.41) is 0. The van der Waals surface area contributed by atoms with Gasteiger partial charge in [0.2, 0.25) is 11.8 Å². The minimum absolute atomic E-state index is 0.0237. The molecular weight excluding hydrogens is 371 g/mol. The van der Waals surface area contributed by atoms with E-state index in [0.29, 0.717) is 12.3 Å². The lowest BCUT2D eigenvalue weighted by Gasteiger charge is -2.30. The summed E-state index contributed by atoms with van der Waals surface area (Å²) in [4.78, 5) is 29.4. The van der Waals surface area contributed by atoms with Gasteiger partial charge in [-0.25, -0.2) is 4.39 Å². The number of benzene rings is 2. The summed E-state index contributed by atoms with van der Waals surface area (Å²) in [7, 11) is 0. The molecule has 2 heterocycles. The number of amides is 2. The van der Waals surface area contributed by atoms with E-state index in [1.54, 1.807) is 35.4 Å². The first-order valence-corrected chi connectivity index (χ1v) is 9.49. The lowest BCUT2D eigenvalue weighted by atomic mass is 10.0. The summed E-state index contributed by atoms with van der Waals surface area (Å²) < 4.78 is 18.8. The number of furan rings is 1. The lowest BCUT2D eigenvalue weighted by Crippen LogP contribution is -2.38. The van der Waals surface area contributed by atoms with Crippen LogP contribution in [0.5, 0.6) is 0 Å². The summed E-state index contributed by atoms with van der Waals surface area (Å²) in [5.74, 6) is -0.0182. The Morgan fingerprint density at radius 3 is 2.34 bits per heavy atom. The molecule has 0 N–H and O–H groups in total. The molecule has 1 fully saturated rings. The van der Waals surface area contributed by atoms with Gasteiger partial charge in [-0.15, -0.1) is 0 Å². The maximum atomic E-state index is 13.4. The molecule has 2 aromatic carbocycles. The minimum Gasteiger partial charge on any atom is -0.467 e. The molecule has 1 unspecified atom stereocenters. The molecule has 6 heteroatoms. The first-order chi connectivity index (χ1) is 14.1. The number of hydrogen-bond acceptors (Lipinski definition) is 3. The van der Waals surface area contributed by atoms with Crippen LogP contribution in [0.15, 0.2) is 77.4 Å². The fourth-order valence-electron chi connectivity index (χ4n) is 3.62. The summed E-state index contributed by atoms with van der Waals surface area (Å²) in [6.45, 7) is 0.598. The normalized spacial score (nSPS) is 17.5. The predicted octanol–water partition coefficient (Wildman–Crippen LogP) is 3.92. The molecule has 0 bridgehead atoms. The molecule has 0 saturated carbocycles. The highest BCUT2D eigenvalue weighted by Crippen LogP contribution is 2.30. The molecule has 5 nitrogen and oxygen atoms in total. The molecule has 2 amide bonds. The fraction of sp³-hybridized carbons (Fsp3) is 0.217. The van der Waals surface area contributed by atoms with Crippen molar-refractivity contribution in [1.29, 1.82) is 0 Å². The van der Waals surface area contributed by atoms with Crippen molar-refractivity contribution >= 4 is 11.8 Å². The van der Waals surface area contributed by atoms with Gasteiger partial charge in [-0.3, -0.25) is 9.59 Å². The largest absolute Gasteiger partial charge is 0.467 e. The van der Waals surface area contributed by atoms with Crippen LogP contribution in [0.1, 0.15) is 29.3 Å². The Kier molecular flexibility index (Phi) is 5.42. The van der Waals surface area contributed by atoms with Crippen molar-refractivity contribution in [2.45, 2.75) is 25.6 Å². The highest BCUT2D eigenvalue weighted by atomic mass is 19.1. The topological polar surface area (TPSA) is 53.8 Å². The van der Waals surface area contributed by atoms with E-state index in [1.807, 2.05) is 30.3 Å². The second-order valence-corrected chi connectivity index (χ2v) is 7.11. The average Bonchev–Trinajstić information content (AvgIpc) is 3.21. The Labute approximate surface area is 168 Å². The van der Waals surface area contributed by atoms with E-state index in [1.165, 1.54) is 17.0 Å². The predicted molar refractivity (Wildman–Crippen MR) is 105 cm³/mol. The van der Waals surface area contributed by atoms with Crippen molar-refractivity contribution in [2.75, 3.05) is 6.54 Å². The zero-order valence-electron chi connectivity index (χ0n) is 15.8. The van der Waals surface area contributed by atoms with E-state index in [4.69, 9.17) is 4.42 Å². The molecule has 0 spiro atoms. The molecule has 0 aliphatic carbocycles. The van der Waals surface area contributed by atoms with E-state index in [0.717, 1.165) is 11.1 Å². The number of carbonyl (C=O) groups is 2. The van der Waals surface area contributed by atoms with Gasteiger partial charge in [0, 0.05) is 6.54 Å². The average molecular weight is 392 g/mol. The molecule has 1 aliphatic rings. The van der Waals surface area contributed by atoms with E-state index >= 15 is 0 Å². The monoisotopic (exact) mass is 392 g/mol. The van der Waals surface area contributed by atoms with Crippen LogP contribution in [0.3, 0.4) is 0 Å². The molecule has 29 heavy (non-hydrogen) atoms. The van der Waals surface area contributed by atoms with Crippen molar-refractivity contribution in [3.8, 4) is 0 Å². The first kappa shape index (κ1) is 18.9. The van der Waals surface area contributed by atoms with Gasteiger partial charge in [0.25, 0.3) is 0 Å². The lowest BCUT2D eigenvalue weighted by molar-refractivity contribution is -0.137. The first-order valence-electron chi connectivity index (χ1n) is 9.49. The van der Waals surface area contributed by atoms with Crippen LogP contribution in [0.2, 0.25) is 0 Å². The van der Waals surface area contributed by atoms with Gasteiger partial charge in [-0.05, 0) is 35.4 Å². The SMILES string of the molecule is O=C1CC(c2ccc(F)cc2)N(Cc2ccccc2)C(=O)CN1Cc1ccco1. The Morgan fingerprint density at radius 2 is 1.66 bits per heavy atom. The van der Waals surface area contributed by atoms with E-state index in [-0.39, 0.29) is 37.1 Å². The van der Waals surface area contributed by atoms with Gasteiger partial charge >= 0.3 is 0 Å². The van der Waals surface area contributed by atoms with Crippen LogP contribution in [0.4, 0.5) is 4.39 Å². The van der Waals surface area contributed by atoms with Crippen LogP contribution in [0, 0.1) is 5.82 Å². The Morgan fingerprint density at radius 1 is 0.897 bits per heavy atom. The number of rotatable bonds is 5. The van der Waals surface area contributed by atoms with Crippen molar-refractivity contribution in [2.24, 2.45) is 0 Å². The quantitative estimate of drug-likeness (QED) is 0.661. The molecule has 0 radical (unpaired) electrons. The fourth-order valence-corrected chi connectivity index (χ4v) is 3.62. The highest BCUT2D eigenvalue weighted by molar-refractivity contribution is 5.88. The number of hydrogen-bond donors (Lipinski definition) is 0.